The average Bonchev–Trinajstić information content (AvgIpc) is 2.03. The number of hydroxylamine groups is 1. The zero-order chi connectivity index (χ0) is 8.97. The van der Waals surface area contributed by atoms with E-state index >= 15 is 0 Å². The number of hydrogen-bond acceptors (Lipinski definition) is 3. The van der Waals surface area contributed by atoms with Gasteiger partial charge in [0.15, 0.2) is 0 Å². The van der Waals surface area contributed by atoms with E-state index < -0.39 is 0 Å². The van der Waals surface area contributed by atoms with E-state index in [1.54, 1.807) is 0 Å². The van der Waals surface area contributed by atoms with Crippen LogP contribution in [0, 0.1) is 0 Å². The van der Waals surface area contributed by atoms with Crippen molar-refractivity contribution in [3.8, 4) is 0 Å². The highest BCUT2D eigenvalue weighted by atomic mass is 16.7. The summed E-state index contributed by atoms with van der Waals surface area (Å²) in [4.78, 5) is 17.9. The second kappa shape index (κ2) is 4.42. The molecule has 0 spiro atoms. The van der Waals surface area contributed by atoms with Crippen LogP contribution < -0.4 is 5.48 Å². The second-order valence-electron chi connectivity index (χ2n) is 3.28. The predicted molar refractivity (Wildman–Crippen MR) is 45.4 cm³/mol. The number of carbonyl (C=O) groups excluding carboxylic acids is 1. The van der Waals surface area contributed by atoms with Crippen molar-refractivity contribution in [1.29, 1.82) is 0 Å². The number of amides is 1. The largest absolute Gasteiger partial charge is 0.306 e. The number of hydrogen-bond donors (Lipinski definition) is 1. The molecule has 1 saturated heterocycles. The summed E-state index contributed by atoms with van der Waals surface area (Å²) >= 11 is 0. The minimum Gasteiger partial charge on any atom is -0.306 e. The predicted octanol–water partition coefficient (Wildman–Crippen LogP) is 0.148. The highest BCUT2D eigenvalue weighted by Crippen LogP contribution is 2.10. The monoisotopic (exact) mass is 172 g/mol. The molecule has 1 rings (SSSR count). The van der Waals surface area contributed by atoms with Crippen LogP contribution in [-0.4, -0.2) is 37.0 Å². The van der Waals surface area contributed by atoms with Crippen molar-refractivity contribution in [1.82, 2.24) is 10.4 Å². The lowest BCUT2D eigenvalue weighted by molar-refractivity contribution is -0.138. The summed E-state index contributed by atoms with van der Waals surface area (Å²) in [5, 5.41) is 0. The summed E-state index contributed by atoms with van der Waals surface area (Å²) in [6.45, 7) is 3.55. The Morgan fingerprint density at radius 2 is 2.08 bits per heavy atom. The number of piperidine rings is 1. The van der Waals surface area contributed by atoms with E-state index in [9.17, 15) is 4.79 Å². The molecular weight excluding hydrogens is 156 g/mol. The van der Waals surface area contributed by atoms with Crippen molar-refractivity contribution in [2.45, 2.75) is 25.9 Å². The van der Waals surface area contributed by atoms with Gasteiger partial charge in [-0.3, -0.25) is 9.63 Å². The molecule has 0 aromatic heterocycles. The molecule has 70 valence electrons. The smallest absolute Gasteiger partial charge is 0.240 e. The van der Waals surface area contributed by atoms with Gasteiger partial charge in [-0.25, -0.2) is 5.48 Å². The number of nitrogens with one attached hydrogen (secondary N) is 1. The Hall–Kier alpha value is -0.610. The molecule has 1 aliphatic heterocycles. The van der Waals surface area contributed by atoms with Crippen LogP contribution in [-0.2, 0) is 9.63 Å². The maximum absolute atomic E-state index is 10.5. The lowest BCUT2D eigenvalue weighted by Gasteiger charge is -2.28. The number of rotatable bonds is 2. The van der Waals surface area contributed by atoms with Crippen LogP contribution in [0.1, 0.15) is 19.8 Å². The first-order chi connectivity index (χ1) is 5.68. The Kier molecular flexibility index (Phi) is 3.49. The Morgan fingerprint density at radius 1 is 1.50 bits per heavy atom. The lowest BCUT2D eigenvalue weighted by Crippen LogP contribution is -2.37. The van der Waals surface area contributed by atoms with Gasteiger partial charge in [0.05, 0.1) is 6.10 Å². The molecule has 0 aromatic carbocycles. The van der Waals surface area contributed by atoms with Gasteiger partial charge in [-0.15, -0.1) is 0 Å². The number of likely N-dealkylation sites (tertiary alicyclic amines) is 1. The van der Waals surface area contributed by atoms with Crippen LogP contribution in [0.15, 0.2) is 0 Å². The summed E-state index contributed by atoms with van der Waals surface area (Å²) in [6.07, 6.45) is 2.19. The van der Waals surface area contributed by atoms with Gasteiger partial charge >= 0.3 is 0 Å². The van der Waals surface area contributed by atoms with Gasteiger partial charge in [0, 0.05) is 20.0 Å². The van der Waals surface area contributed by atoms with E-state index in [0.29, 0.717) is 0 Å². The third-order valence-corrected chi connectivity index (χ3v) is 2.03. The van der Waals surface area contributed by atoms with Crippen LogP contribution in [0.4, 0.5) is 0 Å². The lowest BCUT2D eigenvalue weighted by atomic mass is 10.1. The molecule has 0 unspecified atom stereocenters. The summed E-state index contributed by atoms with van der Waals surface area (Å²) < 4.78 is 0. The van der Waals surface area contributed by atoms with Crippen molar-refractivity contribution in [2.75, 3.05) is 20.1 Å². The fraction of sp³-hybridized carbons (Fsp3) is 0.875. The topological polar surface area (TPSA) is 41.6 Å². The van der Waals surface area contributed by atoms with E-state index in [1.165, 1.54) is 6.92 Å². The van der Waals surface area contributed by atoms with Gasteiger partial charge in [-0.2, -0.15) is 0 Å². The normalized spacial score (nSPS) is 20.8. The van der Waals surface area contributed by atoms with Crippen molar-refractivity contribution < 1.29 is 9.63 Å². The highest BCUT2D eigenvalue weighted by molar-refractivity contribution is 5.71. The SMILES string of the molecule is CC(=O)NOC1CCN(C)CC1. The van der Waals surface area contributed by atoms with Gasteiger partial charge < -0.3 is 4.90 Å². The van der Waals surface area contributed by atoms with Crippen molar-refractivity contribution >= 4 is 5.91 Å². The molecule has 1 amide bonds. The van der Waals surface area contributed by atoms with Crippen molar-refractivity contribution in [3.05, 3.63) is 0 Å². The molecule has 0 aromatic rings. The van der Waals surface area contributed by atoms with E-state index in [2.05, 4.69) is 17.4 Å². The first-order valence-electron chi connectivity index (χ1n) is 4.29. The van der Waals surface area contributed by atoms with Crippen molar-refractivity contribution in [2.24, 2.45) is 0 Å². The fourth-order valence-corrected chi connectivity index (χ4v) is 1.27. The minimum absolute atomic E-state index is 0.131. The Labute approximate surface area is 72.8 Å². The molecule has 0 saturated carbocycles. The Bertz CT molecular complexity index is 153. The van der Waals surface area contributed by atoms with Crippen molar-refractivity contribution in [3.63, 3.8) is 0 Å². The highest BCUT2D eigenvalue weighted by Gasteiger charge is 2.17. The standard InChI is InChI=1S/C8H16N2O2/c1-7(11)9-12-8-3-5-10(2)6-4-8/h8H,3-6H2,1-2H3,(H,9,11). The van der Waals surface area contributed by atoms with Gasteiger partial charge in [-0.05, 0) is 19.9 Å². The molecule has 0 radical (unpaired) electrons. The van der Waals surface area contributed by atoms with E-state index in [1.807, 2.05) is 0 Å². The molecule has 1 aliphatic rings. The third kappa shape index (κ3) is 3.19. The van der Waals surface area contributed by atoms with Gasteiger partial charge in [0.1, 0.15) is 0 Å². The third-order valence-electron chi connectivity index (χ3n) is 2.03. The molecule has 1 N–H and O–H groups in total. The number of carbonyl (C=O) groups is 1. The number of nitrogens with zero attached hydrogens (tertiary/aromatic N) is 1. The first kappa shape index (κ1) is 9.48. The zero-order valence-corrected chi connectivity index (χ0v) is 7.67. The summed E-state index contributed by atoms with van der Waals surface area (Å²) in [5.74, 6) is -0.131. The zero-order valence-electron chi connectivity index (χ0n) is 7.67. The summed E-state index contributed by atoms with van der Waals surface area (Å²) in [5.41, 5.74) is 2.37. The molecule has 0 bridgehead atoms. The van der Waals surface area contributed by atoms with Crippen LogP contribution in [0.5, 0.6) is 0 Å². The van der Waals surface area contributed by atoms with Gasteiger partial charge in [-0.1, -0.05) is 0 Å². The maximum Gasteiger partial charge on any atom is 0.240 e. The molecule has 0 atom stereocenters. The maximum atomic E-state index is 10.5. The average molecular weight is 172 g/mol. The van der Waals surface area contributed by atoms with Crippen LogP contribution in [0.3, 0.4) is 0 Å². The van der Waals surface area contributed by atoms with Gasteiger partial charge in [0.25, 0.3) is 0 Å². The molecule has 1 heterocycles. The molecular formula is C8H16N2O2. The first-order valence-corrected chi connectivity index (χ1v) is 4.29. The second-order valence-corrected chi connectivity index (χ2v) is 3.28. The molecule has 4 heteroatoms. The fourth-order valence-electron chi connectivity index (χ4n) is 1.27. The summed E-state index contributed by atoms with van der Waals surface area (Å²) in [6, 6.07) is 0. The Morgan fingerprint density at radius 3 is 2.58 bits per heavy atom. The molecule has 1 fully saturated rings. The minimum atomic E-state index is -0.131. The Balaban J connectivity index is 2.13. The molecule has 0 aliphatic carbocycles. The van der Waals surface area contributed by atoms with Crippen LogP contribution >= 0.6 is 0 Å². The van der Waals surface area contributed by atoms with E-state index in [-0.39, 0.29) is 12.0 Å². The quantitative estimate of drug-likeness (QED) is 0.603. The summed E-state index contributed by atoms with van der Waals surface area (Å²) in [7, 11) is 2.09. The van der Waals surface area contributed by atoms with Crippen LogP contribution in [0.2, 0.25) is 0 Å². The molecule has 12 heavy (non-hydrogen) atoms. The van der Waals surface area contributed by atoms with Crippen LogP contribution in [0.25, 0.3) is 0 Å². The van der Waals surface area contributed by atoms with E-state index in [4.69, 9.17) is 4.84 Å². The molecule has 4 nitrogen and oxygen atoms in total. The van der Waals surface area contributed by atoms with E-state index in [0.717, 1.165) is 25.9 Å². The van der Waals surface area contributed by atoms with Gasteiger partial charge in [0.2, 0.25) is 5.91 Å².